The first-order chi connectivity index (χ1) is 7.79. The topological polar surface area (TPSA) is 12.0 Å². The maximum atomic E-state index is 13.5. The monoisotopic (exact) mass is 233 g/mol. The fourth-order valence-electron chi connectivity index (χ4n) is 1.39. The van der Waals surface area contributed by atoms with E-state index in [0.29, 0.717) is 5.69 Å². The number of halogens is 1. The zero-order chi connectivity index (χ0) is 11.4. The van der Waals surface area contributed by atoms with Crippen LogP contribution in [0.15, 0.2) is 58.3 Å². The van der Waals surface area contributed by atoms with Gasteiger partial charge < -0.3 is 5.32 Å². The van der Waals surface area contributed by atoms with E-state index in [-0.39, 0.29) is 5.82 Å². The van der Waals surface area contributed by atoms with Crippen LogP contribution in [0, 0.1) is 5.82 Å². The molecule has 0 saturated carbocycles. The molecule has 0 spiro atoms. The molecule has 0 heterocycles. The lowest BCUT2D eigenvalue weighted by molar-refractivity contribution is 0.628. The second kappa shape index (κ2) is 5.03. The second-order valence-electron chi connectivity index (χ2n) is 3.31. The SMILES string of the molecule is CNc1ccc(Sc2ccccc2)cc1F. The van der Waals surface area contributed by atoms with Gasteiger partial charge in [0.15, 0.2) is 0 Å². The van der Waals surface area contributed by atoms with Gasteiger partial charge in [-0.2, -0.15) is 0 Å². The van der Waals surface area contributed by atoms with Crippen LogP contribution in [0.3, 0.4) is 0 Å². The quantitative estimate of drug-likeness (QED) is 0.859. The highest BCUT2D eigenvalue weighted by Gasteiger charge is 2.02. The van der Waals surface area contributed by atoms with E-state index in [9.17, 15) is 4.39 Å². The molecule has 2 aromatic rings. The predicted molar refractivity (Wildman–Crippen MR) is 66.5 cm³/mol. The molecular weight excluding hydrogens is 221 g/mol. The molecule has 1 nitrogen and oxygen atoms in total. The van der Waals surface area contributed by atoms with E-state index in [1.807, 2.05) is 36.4 Å². The maximum Gasteiger partial charge on any atom is 0.147 e. The standard InChI is InChI=1S/C13H12FNS/c1-15-13-8-7-11(9-12(13)14)16-10-5-3-2-4-6-10/h2-9,15H,1H3. The molecule has 1 N–H and O–H groups in total. The Labute approximate surface area is 98.7 Å². The minimum Gasteiger partial charge on any atom is -0.386 e. The summed E-state index contributed by atoms with van der Waals surface area (Å²) in [6.07, 6.45) is 0. The van der Waals surface area contributed by atoms with Gasteiger partial charge in [0, 0.05) is 16.8 Å². The van der Waals surface area contributed by atoms with Crippen molar-refractivity contribution in [1.82, 2.24) is 0 Å². The van der Waals surface area contributed by atoms with Crippen LogP contribution in [0.4, 0.5) is 10.1 Å². The van der Waals surface area contributed by atoms with Gasteiger partial charge in [-0.25, -0.2) is 4.39 Å². The molecule has 0 bridgehead atoms. The summed E-state index contributed by atoms with van der Waals surface area (Å²) in [5.41, 5.74) is 0.525. The highest BCUT2D eigenvalue weighted by Crippen LogP contribution is 2.29. The van der Waals surface area contributed by atoms with E-state index in [4.69, 9.17) is 0 Å². The van der Waals surface area contributed by atoms with Crippen molar-refractivity contribution < 1.29 is 4.39 Å². The first kappa shape index (κ1) is 11.0. The van der Waals surface area contributed by atoms with Crippen molar-refractivity contribution in [3.63, 3.8) is 0 Å². The number of nitrogens with one attached hydrogen (secondary N) is 1. The maximum absolute atomic E-state index is 13.5. The van der Waals surface area contributed by atoms with Crippen molar-refractivity contribution in [2.45, 2.75) is 9.79 Å². The lowest BCUT2D eigenvalue weighted by atomic mass is 10.3. The number of anilines is 1. The molecule has 0 aliphatic heterocycles. The summed E-state index contributed by atoms with van der Waals surface area (Å²) in [7, 11) is 1.71. The van der Waals surface area contributed by atoms with Crippen LogP contribution in [0.5, 0.6) is 0 Å². The Balaban J connectivity index is 2.20. The molecule has 0 unspecified atom stereocenters. The van der Waals surface area contributed by atoms with Gasteiger partial charge in [0.05, 0.1) is 5.69 Å². The smallest absolute Gasteiger partial charge is 0.147 e. The molecule has 0 saturated heterocycles. The summed E-state index contributed by atoms with van der Waals surface area (Å²) < 4.78 is 13.5. The molecule has 0 amide bonds. The van der Waals surface area contributed by atoms with Crippen molar-refractivity contribution in [1.29, 1.82) is 0 Å². The van der Waals surface area contributed by atoms with Crippen molar-refractivity contribution in [3.05, 3.63) is 54.3 Å². The second-order valence-corrected chi connectivity index (χ2v) is 4.45. The summed E-state index contributed by atoms with van der Waals surface area (Å²) >= 11 is 1.55. The molecular formula is C13H12FNS. The molecule has 0 fully saturated rings. The van der Waals surface area contributed by atoms with Crippen LogP contribution in [0.2, 0.25) is 0 Å². The van der Waals surface area contributed by atoms with Crippen LogP contribution in [0.1, 0.15) is 0 Å². The van der Waals surface area contributed by atoms with Crippen molar-refractivity contribution in [2.75, 3.05) is 12.4 Å². The molecule has 16 heavy (non-hydrogen) atoms. The van der Waals surface area contributed by atoms with Gasteiger partial charge in [-0.15, -0.1) is 0 Å². The lowest BCUT2D eigenvalue weighted by Gasteiger charge is -2.05. The minimum absolute atomic E-state index is 0.219. The van der Waals surface area contributed by atoms with Crippen molar-refractivity contribution >= 4 is 17.4 Å². The van der Waals surface area contributed by atoms with Crippen LogP contribution in [-0.4, -0.2) is 7.05 Å². The fraction of sp³-hybridized carbons (Fsp3) is 0.0769. The van der Waals surface area contributed by atoms with E-state index in [1.54, 1.807) is 30.9 Å². The van der Waals surface area contributed by atoms with E-state index in [2.05, 4.69) is 5.32 Å². The van der Waals surface area contributed by atoms with Gasteiger partial charge in [-0.1, -0.05) is 30.0 Å². The summed E-state index contributed by atoms with van der Waals surface area (Å²) in [6, 6.07) is 15.1. The first-order valence-corrected chi connectivity index (χ1v) is 5.81. The van der Waals surface area contributed by atoms with Crippen molar-refractivity contribution in [2.24, 2.45) is 0 Å². The Hall–Kier alpha value is -1.48. The average Bonchev–Trinajstić information content (AvgIpc) is 2.31. The molecule has 3 heteroatoms. The van der Waals surface area contributed by atoms with Gasteiger partial charge in [-0.05, 0) is 30.3 Å². The summed E-state index contributed by atoms with van der Waals surface area (Å²) in [4.78, 5) is 2.02. The van der Waals surface area contributed by atoms with Gasteiger partial charge in [-0.3, -0.25) is 0 Å². The molecule has 82 valence electrons. The van der Waals surface area contributed by atoms with E-state index >= 15 is 0 Å². The van der Waals surface area contributed by atoms with Crippen LogP contribution in [0.25, 0.3) is 0 Å². The van der Waals surface area contributed by atoms with Gasteiger partial charge >= 0.3 is 0 Å². The Bertz CT molecular complexity index is 471. The third kappa shape index (κ3) is 2.55. The fourth-order valence-corrected chi connectivity index (χ4v) is 2.25. The molecule has 2 aromatic carbocycles. The van der Waals surface area contributed by atoms with Crippen LogP contribution >= 0.6 is 11.8 Å². The lowest BCUT2D eigenvalue weighted by Crippen LogP contribution is -1.91. The normalized spacial score (nSPS) is 10.1. The largest absolute Gasteiger partial charge is 0.386 e. The first-order valence-electron chi connectivity index (χ1n) is 5.00. The Morgan fingerprint density at radius 3 is 2.38 bits per heavy atom. The Morgan fingerprint density at radius 1 is 1.00 bits per heavy atom. The molecule has 2 rings (SSSR count). The zero-order valence-electron chi connectivity index (χ0n) is 8.91. The number of hydrogen-bond acceptors (Lipinski definition) is 2. The Kier molecular flexibility index (Phi) is 3.47. The number of hydrogen-bond donors (Lipinski definition) is 1. The summed E-state index contributed by atoms with van der Waals surface area (Å²) in [6.45, 7) is 0. The molecule has 0 aromatic heterocycles. The van der Waals surface area contributed by atoms with E-state index in [1.165, 1.54) is 0 Å². The molecule has 0 atom stereocenters. The van der Waals surface area contributed by atoms with Crippen LogP contribution in [-0.2, 0) is 0 Å². The van der Waals surface area contributed by atoms with E-state index < -0.39 is 0 Å². The van der Waals surface area contributed by atoms with Gasteiger partial charge in [0.1, 0.15) is 5.82 Å². The van der Waals surface area contributed by atoms with Gasteiger partial charge in [0.25, 0.3) is 0 Å². The minimum atomic E-state index is -0.219. The predicted octanol–water partition coefficient (Wildman–Crippen LogP) is 4.02. The Morgan fingerprint density at radius 2 is 1.75 bits per heavy atom. The number of benzene rings is 2. The third-order valence-corrected chi connectivity index (χ3v) is 3.19. The zero-order valence-corrected chi connectivity index (χ0v) is 9.72. The molecule has 0 aliphatic carbocycles. The highest BCUT2D eigenvalue weighted by molar-refractivity contribution is 7.99. The van der Waals surface area contributed by atoms with E-state index in [0.717, 1.165) is 9.79 Å². The molecule has 0 aliphatic rings. The average molecular weight is 233 g/mol. The van der Waals surface area contributed by atoms with Gasteiger partial charge in [0.2, 0.25) is 0 Å². The molecule has 0 radical (unpaired) electrons. The van der Waals surface area contributed by atoms with Crippen LogP contribution < -0.4 is 5.32 Å². The third-order valence-electron chi connectivity index (χ3n) is 2.19. The highest BCUT2D eigenvalue weighted by atomic mass is 32.2. The summed E-state index contributed by atoms with van der Waals surface area (Å²) in [5, 5.41) is 2.80. The number of rotatable bonds is 3. The van der Waals surface area contributed by atoms with Crippen molar-refractivity contribution in [3.8, 4) is 0 Å². The summed E-state index contributed by atoms with van der Waals surface area (Å²) in [5.74, 6) is -0.219.